The molecule has 1 unspecified atom stereocenters. The maximum absolute atomic E-state index is 13.2. The van der Waals surface area contributed by atoms with Gasteiger partial charge in [0.05, 0.1) is 24.7 Å². The number of ether oxygens (including phenoxy) is 4. The quantitative estimate of drug-likeness (QED) is 0.00781. The van der Waals surface area contributed by atoms with Crippen LogP contribution in [0.25, 0.3) is 0 Å². The Labute approximate surface area is 547 Å². The Morgan fingerprint density at radius 3 is 1.51 bits per heavy atom. The van der Waals surface area contributed by atoms with Gasteiger partial charge in [0, 0.05) is 43.5 Å². The molecule has 0 bridgehead atoms. The number of nitro groups is 1. The highest BCUT2D eigenvalue weighted by atomic mass is 31.2. The average molecular weight is 1320 g/mol. The van der Waals surface area contributed by atoms with Gasteiger partial charge in [-0.25, -0.2) is 9.36 Å². The van der Waals surface area contributed by atoms with Gasteiger partial charge >= 0.3 is 31.9 Å². The zero-order valence-electron chi connectivity index (χ0n) is 56.0. The topological polar surface area (TPSA) is 313 Å². The van der Waals surface area contributed by atoms with Crippen LogP contribution in [0.4, 0.5) is 16.2 Å². The second kappa shape index (κ2) is 52.4. The molecule has 0 aliphatic carbocycles. The minimum absolute atomic E-state index is 0.0466. The first-order valence-corrected chi connectivity index (χ1v) is 35.8. The van der Waals surface area contributed by atoms with Gasteiger partial charge in [-0.2, -0.15) is 5.48 Å². The minimum Gasteiger partial charge on any atom is -0.462 e. The van der Waals surface area contributed by atoms with E-state index in [-0.39, 0.29) is 69.2 Å². The monoisotopic (exact) mass is 1320 g/mol. The summed E-state index contributed by atoms with van der Waals surface area (Å²) in [5, 5.41) is 18.8. The zero-order valence-corrected chi connectivity index (χ0v) is 56.9. The van der Waals surface area contributed by atoms with Crippen LogP contribution in [0.15, 0.2) is 48.5 Å². The molecule has 3 amide bonds. The van der Waals surface area contributed by atoms with E-state index in [9.17, 15) is 53.1 Å². The van der Waals surface area contributed by atoms with E-state index in [0.29, 0.717) is 24.1 Å². The highest BCUT2D eigenvalue weighted by Crippen LogP contribution is 2.43. The predicted molar refractivity (Wildman–Crippen MR) is 353 cm³/mol. The number of esters is 2. The molecule has 0 aromatic heterocycles. The lowest BCUT2D eigenvalue weighted by Crippen LogP contribution is -2.53. The summed E-state index contributed by atoms with van der Waals surface area (Å²) in [6.45, 7) is 7.58. The molecule has 0 saturated carbocycles. The number of phosphoric ester groups is 1. The third kappa shape index (κ3) is 43.8. The summed E-state index contributed by atoms with van der Waals surface area (Å²) in [5.74, 6) is -3.76. The molecular weight excluding hydrogens is 1210 g/mol. The smallest absolute Gasteiger partial charge is 0.462 e. The molecule has 2 rings (SSSR count). The summed E-state index contributed by atoms with van der Waals surface area (Å²) >= 11 is 0. The molecule has 0 fully saturated rings. The number of nitro benzene ring substituents is 1. The SMILES string of the molecule is CCCCCCCCCCCCCCCCCC(=O)OC[C@H](COP(=O)(O)OCCNOC(=O)CCCC(=O)N[C@H](C(=O)N[C@@H](C)C(=O)Nc1ccc(COC(=O)Oc2ccc([N+](=O)[O-])cc2)cc1)C(C)C)OC(=O)CCCCCCCCCCCCCCCCC. The second-order valence-corrected chi connectivity index (χ2v) is 25.6. The van der Waals surface area contributed by atoms with E-state index in [1.165, 1.54) is 172 Å². The van der Waals surface area contributed by atoms with Crippen LogP contribution in [0.2, 0.25) is 0 Å². The predicted octanol–water partition coefficient (Wildman–Crippen LogP) is 15.2. The summed E-state index contributed by atoms with van der Waals surface area (Å²) < 4.78 is 44.2. The average Bonchev–Trinajstić information content (AvgIpc) is 1.70. The number of nitrogens with zero attached hydrogens (tertiary/aromatic N) is 1. The van der Waals surface area contributed by atoms with E-state index in [4.69, 9.17) is 32.8 Å². The van der Waals surface area contributed by atoms with Crippen molar-refractivity contribution in [3.8, 4) is 5.75 Å². The number of phosphoric acid groups is 1. The Morgan fingerprint density at radius 2 is 1.02 bits per heavy atom. The summed E-state index contributed by atoms with van der Waals surface area (Å²) in [4.78, 5) is 115. The van der Waals surface area contributed by atoms with E-state index in [1.807, 2.05) is 0 Å². The number of hydroxylamine groups is 1. The number of carbonyl (C=O) groups excluding carboxylic acids is 7. The number of amides is 3. The van der Waals surface area contributed by atoms with Crippen molar-refractivity contribution in [2.24, 2.45) is 5.92 Å². The van der Waals surface area contributed by atoms with Crippen molar-refractivity contribution in [2.45, 2.75) is 284 Å². The van der Waals surface area contributed by atoms with Gasteiger partial charge in [0.25, 0.3) is 5.69 Å². The van der Waals surface area contributed by atoms with Crippen molar-refractivity contribution < 1.29 is 80.8 Å². The molecule has 4 atom stereocenters. The molecule has 24 heteroatoms. The van der Waals surface area contributed by atoms with Crippen LogP contribution in [0.5, 0.6) is 5.75 Å². The summed E-state index contributed by atoms with van der Waals surface area (Å²) in [7, 11) is -4.73. The largest absolute Gasteiger partial charge is 0.514 e. The van der Waals surface area contributed by atoms with Crippen LogP contribution in [-0.4, -0.2) is 96.2 Å². The second-order valence-electron chi connectivity index (χ2n) is 24.1. The van der Waals surface area contributed by atoms with Gasteiger partial charge in [0.2, 0.25) is 17.7 Å². The third-order valence-electron chi connectivity index (χ3n) is 15.4. The van der Waals surface area contributed by atoms with Crippen molar-refractivity contribution in [1.29, 1.82) is 0 Å². The molecule has 0 heterocycles. The molecule has 0 aliphatic rings. The fourth-order valence-electron chi connectivity index (χ4n) is 9.88. The zero-order chi connectivity index (χ0) is 67.5. The number of hydrogen-bond acceptors (Lipinski definition) is 18. The maximum atomic E-state index is 13.2. The molecule has 0 radical (unpaired) electrons. The van der Waals surface area contributed by atoms with E-state index < -0.39 is 85.9 Å². The Hall–Kier alpha value is -6.00. The minimum atomic E-state index is -4.73. The Bertz CT molecular complexity index is 2410. The number of rotatable bonds is 57. The molecule has 0 spiro atoms. The number of unbranched alkanes of at least 4 members (excludes halogenated alkanes) is 28. The summed E-state index contributed by atoms with van der Waals surface area (Å²) in [5.41, 5.74) is 3.11. The number of non-ortho nitro benzene ring substituents is 1. The van der Waals surface area contributed by atoms with E-state index in [2.05, 4.69) is 35.3 Å². The first-order chi connectivity index (χ1) is 44.3. The molecule has 0 aliphatic heterocycles. The first kappa shape index (κ1) is 82.1. The number of benzene rings is 2. The molecule has 0 saturated heterocycles. The summed E-state index contributed by atoms with van der Waals surface area (Å²) in [6.07, 6.45) is 33.6. The highest BCUT2D eigenvalue weighted by Gasteiger charge is 2.29. The standard InChI is InChI=1S/C68H112N5O18P/c1-6-8-10-12-14-16-18-20-22-24-26-28-30-32-34-38-62(75)85-52-60(89-63(76)39-35-33-31-29-27-25-23-21-19-17-15-13-11-9-7-2)53-88-92(83,84)87-50-49-69-91-64(77)40-36-37-61(74)72-65(54(3)4)67(79)70-55(5)66(78)71-57-43-41-56(42-44-57)51-86-68(80)90-59-47-45-58(46-48-59)73(81)82/h41-48,54-55,60,65,69H,6-40,49-53H2,1-5H3,(H,70,79)(H,71,78)(H,72,74)(H,83,84)/t55-,60+,65-/m0/s1. The van der Waals surface area contributed by atoms with Crippen LogP contribution in [0, 0.1) is 16.0 Å². The molecule has 2 aromatic rings. The Morgan fingerprint density at radius 1 is 0.543 bits per heavy atom. The lowest BCUT2D eigenvalue weighted by Gasteiger charge is -2.24. The summed E-state index contributed by atoms with van der Waals surface area (Å²) in [6, 6.07) is 9.15. The Balaban J connectivity index is 1.72. The van der Waals surface area contributed by atoms with Gasteiger partial charge in [0.1, 0.15) is 31.0 Å². The van der Waals surface area contributed by atoms with Gasteiger partial charge < -0.3 is 44.6 Å². The highest BCUT2D eigenvalue weighted by molar-refractivity contribution is 7.47. The third-order valence-corrected chi connectivity index (χ3v) is 16.4. The number of nitrogens with one attached hydrogen (secondary N) is 4. The number of carbonyl (C=O) groups is 7. The van der Waals surface area contributed by atoms with Crippen LogP contribution in [0.1, 0.15) is 265 Å². The lowest BCUT2D eigenvalue weighted by atomic mass is 10.0. The van der Waals surface area contributed by atoms with Crippen molar-refractivity contribution in [3.63, 3.8) is 0 Å². The maximum Gasteiger partial charge on any atom is 0.514 e. The lowest BCUT2D eigenvalue weighted by molar-refractivity contribution is -0.384. The van der Waals surface area contributed by atoms with Gasteiger partial charge in [-0.15, -0.1) is 0 Å². The van der Waals surface area contributed by atoms with Crippen LogP contribution in [-0.2, 0) is 68.0 Å². The molecule has 2 aromatic carbocycles. The first-order valence-electron chi connectivity index (χ1n) is 34.3. The number of hydrogen-bond donors (Lipinski definition) is 5. The van der Waals surface area contributed by atoms with Gasteiger partial charge in [-0.05, 0) is 61.9 Å². The molecule has 5 N–H and O–H groups in total. The Kier molecular flexibility index (Phi) is 46.7. The molecule has 92 heavy (non-hydrogen) atoms. The fourth-order valence-corrected chi connectivity index (χ4v) is 10.6. The fraction of sp³-hybridized carbons (Fsp3) is 0.721. The van der Waals surface area contributed by atoms with E-state index in [0.717, 1.165) is 38.5 Å². The van der Waals surface area contributed by atoms with Gasteiger partial charge in [-0.3, -0.25) is 47.9 Å². The molecule has 23 nitrogen and oxygen atoms in total. The number of anilines is 1. The van der Waals surface area contributed by atoms with Crippen LogP contribution in [0.3, 0.4) is 0 Å². The van der Waals surface area contributed by atoms with E-state index in [1.54, 1.807) is 38.1 Å². The van der Waals surface area contributed by atoms with E-state index >= 15 is 0 Å². The molecular formula is C68H112N5O18P. The molecule has 522 valence electrons. The normalized spacial score (nSPS) is 12.9. The van der Waals surface area contributed by atoms with Gasteiger partial charge in [0.15, 0.2) is 6.10 Å². The van der Waals surface area contributed by atoms with Crippen molar-refractivity contribution >= 4 is 61.0 Å². The van der Waals surface area contributed by atoms with Gasteiger partial charge in [-0.1, -0.05) is 220 Å². The van der Waals surface area contributed by atoms with Crippen molar-refractivity contribution in [2.75, 3.05) is 31.7 Å². The van der Waals surface area contributed by atoms with Crippen molar-refractivity contribution in [1.82, 2.24) is 16.1 Å². The van der Waals surface area contributed by atoms with Crippen molar-refractivity contribution in [3.05, 3.63) is 64.2 Å². The van der Waals surface area contributed by atoms with Crippen LogP contribution >= 0.6 is 7.82 Å². The van der Waals surface area contributed by atoms with Crippen LogP contribution < -0.4 is 26.2 Å².